The minimum absolute atomic E-state index is 0.161. The molecular formula is C12H15ClN2O2. The molecule has 0 saturated carbocycles. The second-order valence-electron chi connectivity index (χ2n) is 4.00. The Balaban J connectivity index is 3.03. The van der Waals surface area contributed by atoms with Gasteiger partial charge in [-0.2, -0.15) is 0 Å². The van der Waals surface area contributed by atoms with Crippen molar-refractivity contribution in [3.8, 4) is 0 Å². The number of anilines is 1. The van der Waals surface area contributed by atoms with Gasteiger partial charge in [0.2, 0.25) is 0 Å². The monoisotopic (exact) mass is 254 g/mol. The molecule has 0 unspecified atom stereocenters. The summed E-state index contributed by atoms with van der Waals surface area (Å²) in [6, 6.07) is 3.06. The van der Waals surface area contributed by atoms with Gasteiger partial charge in [-0.1, -0.05) is 32.0 Å². The summed E-state index contributed by atoms with van der Waals surface area (Å²) in [6.07, 6.45) is 0. The van der Waals surface area contributed by atoms with Gasteiger partial charge in [-0.25, -0.2) is 9.78 Å². The van der Waals surface area contributed by atoms with E-state index in [1.54, 1.807) is 6.07 Å². The SMILES string of the molecule is C=C(Cl)CNc1cc(C(=O)O)cc(C(C)C)n1. The van der Waals surface area contributed by atoms with Crippen LogP contribution >= 0.6 is 11.6 Å². The summed E-state index contributed by atoms with van der Waals surface area (Å²) < 4.78 is 0. The van der Waals surface area contributed by atoms with Crippen molar-refractivity contribution in [3.05, 3.63) is 35.0 Å². The van der Waals surface area contributed by atoms with Crippen molar-refractivity contribution in [2.75, 3.05) is 11.9 Å². The first kappa shape index (κ1) is 13.5. The molecule has 92 valence electrons. The van der Waals surface area contributed by atoms with Crippen LogP contribution in [0, 0.1) is 0 Å². The fraction of sp³-hybridized carbons (Fsp3) is 0.333. The van der Waals surface area contributed by atoms with E-state index in [2.05, 4.69) is 16.9 Å². The zero-order valence-electron chi connectivity index (χ0n) is 9.83. The van der Waals surface area contributed by atoms with Crippen LogP contribution < -0.4 is 5.32 Å². The molecule has 2 N–H and O–H groups in total. The normalized spacial score (nSPS) is 10.4. The molecule has 1 aromatic heterocycles. The van der Waals surface area contributed by atoms with Crippen molar-refractivity contribution >= 4 is 23.4 Å². The van der Waals surface area contributed by atoms with Gasteiger partial charge < -0.3 is 10.4 Å². The van der Waals surface area contributed by atoms with E-state index in [1.165, 1.54) is 6.07 Å². The lowest BCUT2D eigenvalue weighted by molar-refractivity contribution is 0.0696. The molecule has 0 saturated heterocycles. The molecule has 0 aliphatic carbocycles. The molecule has 0 fully saturated rings. The number of aromatic nitrogens is 1. The molecule has 1 heterocycles. The summed E-state index contributed by atoms with van der Waals surface area (Å²) in [4.78, 5) is 15.3. The second-order valence-corrected chi connectivity index (χ2v) is 4.53. The van der Waals surface area contributed by atoms with Crippen LogP contribution in [-0.2, 0) is 0 Å². The smallest absolute Gasteiger partial charge is 0.335 e. The standard InChI is InChI=1S/C12H15ClN2O2/c1-7(2)10-4-9(12(16)17)5-11(15-10)14-6-8(3)13/h4-5,7H,3,6H2,1-2H3,(H,14,15)(H,16,17). The van der Waals surface area contributed by atoms with Gasteiger partial charge in [0.25, 0.3) is 0 Å². The van der Waals surface area contributed by atoms with E-state index in [4.69, 9.17) is 16.7 Å². The largest absolute Gasteiger partial charge is 0.478 e. The van der Waals surface area contributed by atoms with Crippen molar-refractivity contribution in [2.24, 2.45) is 0 Å². The van der Waals surface area contributed by atoms with Crippen LogP contribution in [0.15, 0.2) is 23.7 Å². The van der Waals surface area contributed by atoms with Gasteiger partial charge in [-0.05, 0) is 18.1 Å². The Bertz CT molecular complexity index is 444. The number of carboxylic acid groups (broad SMARTS) is 1. The van der Waals surface area contributed by atoms with E-state index in [0.717, 1.165) is 5.69 Å². The van der Waals surface area contributed by atoms with E-state index in [0.29, 0.717) is 17.4 Å². The van der Waals surface area contributed by atoms with Gasteiger partial charge >= 0.3 is 5.97 Å². The molecule has 0 atom stereocenters. The van der Waals surface area contributed by atoms with Crippen LogP contribution in [0.1, 0.15) is 35.8 Å². The summed E-state index contributed by atoms with van der Waals surface area (Å²) in [5.41, 5.74) is 0.943. The maximum absolute atomic E-state index is 11.0. The molecule has 1 aromatic rings. The Labute approximate surface area is 105 Å². The number of aromatic carboxylic acids is 1. The summed E-state index contributed by atoms with van der Waals surface area (Å²) in [6.45, 7) is 7.81. The predicted molar refractivity (Wildman–Crippen MR) is 68.8 cm³/mol. The first-order valence-electron chi connectivity index (χ1n) is 5.22. The van der Waals surface area contributed by atoms with Gasteiger partial charge in [0.15, 0.2) is 0 Å². The summed E-state index contributed by atoms with van der Waals surface area (Å²) >= 11 is 5.63. The fourth-order valence-electron chi connectivity index (χ4n) is 1.25. The number of carbonyl (C=O) groups is 1. The van der Waals surface area contributed by atoms with Crippen LogP contribution in [0.2, 0.25) is 0 Å². The number of halogens is 1. The average Bonchev–Trinajstić information content (AvgIpc) is 2.25. The van der Waals surface area contributed by atoms with Crippen LogP contribution in [0.25, 0.3) is 0 Å². The lowest BCUT2D eigenvalue weighted by atomic mass is 10.1. The average molecular weight is 255 g/mol. The zero-order chi connectivity index (χ0) is 13.0. The highest BCUT2D eigenvalue weighted by Gasteiger charge is 2.10. The van der Waals surface area contributed by atoms with E-state index < -0.39 is 5.97 Å². The molecule has 0 radical (unpaired) electrons. The molecule has 17 heavy (non-hydrogen) atoms. The van der Waals surface area contributed by atoms with E-state index >= 15 is 0 Å². The molecule has 5 heteroatoms. The molecule has 0 spiro atoms. The lowest BCUT2D eigenvalue weighted by Crippen LogP contribution is -2.08. The molecule has 1 rings (SSSR count). The number of pyridine rings is 1. The predicted octanol–water partition coefficient (Wildman–Crippen LogP) is 3.07. The number of nitrogens with one attached hydrogen (secondary N) is 1. The van der Waals surface area contributed by atoms with E-state index in [-0.39, 0.29) is 11.5 Å². The number of hydrogen-bond acceptors (Lipinski definition) is 3. The Kier molecular flexibility index (Phi) is 4.52. The Morgan fingerprint density at radius 2 is 2.24 bits per heavy atom. The van der Waals surface area contributed by atoms with Crippen LogP contribution in [0.5, 0.6) is 0 Å². The van der Waals surface area contributed by atoms with Gasteiger partial charge in [-0.15, -0.1) is 0 Å². The Morgan fingerprint density at radius 3 is 2.71 bits per heavy atom. The molecule has 0 bridgehead atoms. The third-order valence-corrected chi connectivity index (χ3v) is 2.28. The molecule has 4 nitrogen and oxygen atoms in total. The number of nitrogens with zero attached hydrogens (tertiary/aromatic N) is 1. The second kappa shape index (κ2) is 5.68. The van der Waals surface area contributed by atoms with Crippen molar-refractivity contribution in [3.63, 3.8) is 0 Å². The molecule has 0 aromatic carbocycles. The van der Waals surface area contributed by atoms with Gasteiger partial charge in [0.1, 0.15) is 5.82 Å². The molecule has 0 amide bonds. The first-order valence-corrected chi connectivity index (χ1v) is 5.60. The highest BCUT2D eigenvalue weighted by atomic mass is 35.5. The number of rotatable bonds is 5. The van der Waals surface area contributed by atoms with Gasteiger partial charge in [0, 0.05) is 10.7 Å². The third-order valence-electron chi connectivity index (χ3n) is 2.14. The Morgan fingerprint density at radius 1 is 1.59 bits per heavy atom. The van der Waals surface area contributed by atoms with Crippen molar-refractivity contribution in [1.29, 1.82) is 0 Å². The van der Waals surface area contributed by atoms with Crippen molar-refractivity contribution in [1.82, 2.24) is 4.98 Å². The number of hydrogen-bond donors (Lipinski definition) is 2. The fourth-order valence-corrected chi connectivity index (χ4v) is 1.32. The van der Waals surface area contributed by atoms with E-state index in [1.807, 2.05) is 13.8 Å². The van der Waals surface area contributed by atoms with Crippen LogP contribution in [-0.4, -0.2) is 22.6 Å². The summed E-state index contributed by atoms with van der Waals surface area (Å²) in [5, 5.41) is 12.4. The number of carboxylic acids is 1. The highest BCUT2D eigenvalue weighted by Crippen LogP contribution is 2.18. The minimum atomic E-state index is -0.970. The van der Waals surface area contributed by atoms with Crippen LogP contribution in [0.4, 0.5) is 5.82 Å². The first-order chi connectivity index (χ1) is 7.90. The Hall–Kier alpha value is -1.55. The summed E-state index contributed by atoms with van der Waals surface area (Å²) in [5.74, 6) is -0.313. The van der Waals surface area contributed by atoms with Gasteiger partial charge in [0.05, 0.1) is 12.1 Å². The third kappa shape index (κ3) is 4.07. The van der Waals surface area contributed by atoms with Crippen LogP contribution in [0.3, 0.4) is 0 Å². The van der Waals surface area contributed by atoms with Crippen molar-refractivity contribution < 1.29 is 9.90 Å². The quantitative estimate of drug-likeness (QED) is 0.848. The van der Waals surface area contributed by atoms with E-state index in [9.17, 15) is 4.79 Å². The summed E-state index contributed by atoms with van der Waals surface area (Å²) in [7, 11) is 0. The highest BCUT2D eigenvalue weighted by molar-refractivity contribution is 6.29. The maximum atomic E-state index is 11.0. The minimum Gasteiger partial charge on any atom is -0.478 e. The van der Waals surface area contributed by atoms with Crippen molar-refractivity contribution in [2.45, 2.75) is 19.8 Å². The molecule has 0 aliphatic heterocycles. The zero-order valence-corrected chi connectivity index (χ0v) is 10.6. The van der Waals surface area contributed by atoms with Gasteiger partial charge in [-0.3, -0.25) is 0 Å². The maximum Gasteiger partial charge on any atom is 0.335 e. The lowest BCUT2D eigenvalue weighted by Gasteiger charge is -2.10. The topological polar surface area (TPSA) is 62.2 Å². The molecule has 0 aliphatic rings. The molecular weight excluding hydrogens is 240 g/mol.